The molecule has 2 aromatic rings. The first-order valence-corrected chi connectivity index (χ1v) is 6.93. The Labute approximate surface area is 123 Å². The third-order valence-corrected chi connectivity index (χ3v) is 3.30. The first kappa shape index (κ1) is 15.1. The SMILES string of the molecule is CCC(NC(=O)C(N)Cc1ccc(O)cc1)c1ncc[nH]1. The van der Waals surface area contributed by atoms with Crippen LogP contribution in [0.25, 0.3) is 0 Å². The van der Waals surface area contributed by atoms with Crippen LogP contribution < -0.4 is 11.1 Å². The molecule has 6 nitrogen and oxygen atoms in total. The highest BCUT2D eigenvalue weighted by molar-refractivity contribution is 5.82. The summed E-state index contributed by atoms with van der Waals surface area (Å²) in [6, 6.07) is 5.87. The van der Waals surface area contributed by atoms with Crippen molar-refractivity contribution in [3.8, 4) is 5.75 Å². The number of hydrogen-bond acceptors (Lipinski definition) is 4. The van der Waals surface area contributed by atoms with E-state index in [0.717, 1.165) is 17.8 Å². The van der Waals surface area contributed by atoms with Crippen molar-refractivity contribution in [3.05, 3.63) is 48.0 Å². The Hall–Kier alpha value is -2.34. The van der Waals surface area contributed by atoms with Crippen molar-refractivity contribution in [3.63, 3.8) is 0 Å². The lowest BCUT2D eigenvalue weighted by atomic mass is 10.1. The van der Waals surface area contributed by atoms with Crippen LogP contribution >= 0.6 is 0 Å². The quantitative estimate of drug-likeness (QED) is 0.642. The van der Waals surface area contributed by atoms with Crippen LogP contribution in [0.4, 0.5) is 0 Å². The van der Waals surface area contributed by atoms with Crippen molar-refractivity contribution >= 4 is 5.91 Å². The summed E-state index contributed by atoms with van der Waals surface area (Å²) in [5.41, 5.74) is 6.84. The van der Waals surface area contributed by atoms with Crippen LogP contribution in [0, 0.1) is 0 Å². The summed E-state index contributed by atoms with van der Waals surface area (Å²) < 4.78 is 0. The highest BCUT2D eigenvalue weighted by Gasteiger charge is 2.19. The Balaban J connectivity index is 1.94. The second-order valence-corrected chi connectivity index (χ2v) is 4.92. The van der Waals surface area contributed by atoms with E-state index in [4.69, 9.17) is 5.73 Å². The smallest absolute Gasteiger partial charge is 0.237 e. The number of nitrogens with one attached hydrogen (secondary N) is 2. The third kappa shape index (κ3) is 4.06. The number of nitrogens with zero attached hydrogens (tertiary/aromatic N) is 1. The van der Waals surface area contributed by atoms with Crippen LogP contribution in [0.2, 0.25) is 0 Å². The number of nitrogens with two attached hydrogens (primary N) is 1. The molecule has 0 radical (unpaired) electrons. The van der Waals surface area contributed by atoms with Crippen LogP contribution in [0.3, 0.4) is 0 Å². The number of benzene rings is 1. The molecule has 0 saturated heterocycles. The molecule has 2 atom stereocenters. The highest BCUT2D eigenvalue weighted by Crippen LogP contribution is 2.13. The number of amides is 1. The number of phenolic OH excluding ortho intramolecular Hbond substituents is 1. The Kier molecular flexibility index (Phi) is 4.94. The van der Waals surface area contributed by atoms with Gasteiger partial charge in [-0.1, -0.05) is 19.1 Å². The summed E-state index contributed by atoms with van der Waals surface area (Å²) in [5, 5.41) is 12.1. The molecule has 5 N–H and O–H groups in total. The number of aromatic amines is 1. The van der Waals surface area contributed by atoms with Gasteiger partial charge in [0.05, 0.1) is 12.1 Å². The summed E-state index contributed by atoms with van der Waals surface area (Å²) in [6.45, 7) is 1.97. The van der Waals surface area contributed by atoms with E-state index in [1.165, 1.54) is 0 Å². The molecule has 1 aromatic heterocycles. The number of aromatic nitrogens is 2. The first-order chi connectivity index (χ1) is 10.1. The molecule has 0 saturated carbocycles. The fraction of sp³-hybridized carbons (Fsp3) is 0.333. The second kappa shape index (κ2) is 6.90. The summed E-state index contributed by atoms with van der Waals surface area (Å²) in [6.07, 6.45) is 4.52. The summed E-state index contributed by atoms with van der Waals surface area (Å²) in [7, 11) is 0. The van der Waals surface area contributed by atoms with E-state index in [9.17, 15) is 9.90 Å². The Morgan fingerprint density at radius 1 is 1.43 bits per heavy atom. The molecule has 0 aliphatic heterocycles. The fourth-order valence-electron chi connectivity index (χ4n) is 2.09. The van der Waals surface area contributed by atoms with Gasteiger partial charge in [0, 0.05) is 12.4 Å². The minimum absolute atomic E-state index is 0.168. The average molecular weight is 288 g/mol. The van der Waals surface area contributed by atoms with Gasteiger partial charge < -0.3 is 21.1 Å². The Morgan fingerprint density at radius 2 is 2.14 bits per heavy atom. The van der Waals surface area contributed by atoms with Gasteiger partial charge in [-0.3, -0.25) is 4.79 Å². The maximum Gasteiger partial charge on any atom is 0.237 e. The molecule has 0 bridgehead atoms. The van der Waals surface area contributed by atoms with Crippen molar-refractivity contribution in [2.24, 2.45) is 5.73 Å². The van der Waals surface area contributed by atoms with Gasteiger partial charge in [0.1, 0.15) is 11.6 Å². The number of hydrogen-bond donors (Lipinski definition) is 4. The van der Waals surface area contributed by atoms with E-state index in [1.807, 2.05) is 6.92 Å². The van der Waals surface area contributed by atoms with Gasteiger partial charge in [0.2, 0.25) is 5.91 Å². The molecule has 2 unspecified atom stereocenters. The predicted octanol–water partition coefficient (Wildman–Crippen LogP) is 1.25. The van der Waals surface area contributed by atoms with Crippen LogP contribution in [-0.4, -0.2) is 27.0 Å². The van der Waals surface area contributed by atoms with Gasteiger partial charge in [-0.05, 0) is 30.5 Å². The van der Waals surface area contributed by atoms with E-state index >= 15 is 0 Å². The first-order valence-electron chi connectivity index (χ1n) is 6.93. The van der Waals surface area contributed by atoms with E-state index in [-0.39, 0.29) is 17.7 Å². The number of imidazole rings is 1. The maximum absolute atomic E-state index is 12.2. The number of carbonyl (C=O) groups is 1. The number of aromatic hydroxyl groups is 1. The molecule has 1 heterocycles. The van der Waals surface area contributed by atoms with Crippen molar-refractivity contribution in [1.82, 2.24) is 15.3 Å². The van der Waals surface area contributed by atoms with E-state index < -0.39 is 6.04 Å². The molecule has 2 rings (SSSR count). The molecule has 21 heavy (non-hydrogen) atoms. The minimum Gasteiger partial charge on any atom is -0.508 e. The van der Waals surface area contributed by atoms with Crippen LogP contribution in [0.15, 0.2) is 36.7 Å². The van der Waals surface area contributed by atoms with Crippen LogP contribution in [-0.2, 0) is 11.2 Å². The summed E-state index contributed by atoms with van der Waals surface area (Å²) in [4.78, 5) is 19.3. The third-order valence-electron chi connectivity index (χ3n) is 3.30. The molecule has 0 aliphatic rings. The zero-order valence-corrected chi connectivity index (χ0v) is 11.9. The van der Waals surface area contributed by atoms with E-state index in [0.29, 0.717) is 6.42 Å². The molecule has 1 amide bonds. The monoisotopic (exact) mass is 288 g/mol. The number of rotatable bonds is 6. The lowest BCUT2D eigenvalue weighted by Gasteiger charge is -2.18. The molecule has 0 spiro atoms. The maximum atomic E-state index is 12.2. The fourth-order valence-corrected chi connectivity index (χ4v) is 2.09. The molecule has 1 aromatic carbocycles. The molecular formula is C15H20N4O2. The number of carbonyl (C=O) groups excluding carboxylic acids is 1. The van der Waals surface area contributed by atoms with Gasteiger partial charge >= 0.3 is 0 Å². The van der Waals surface area contributed by atoms with Gasteiger partial charge in [-0.25, -0.2) is 4.98 Å². The van der Waals surface area contributed by atoms with Crippen LogP contribution in [0.1, 0.15) is 30.8 Å². The molecule has 112 valence electrons. The largest absolute Gasteiger partial charge is 0.508 e. The molecule has 0 aliphatic carbocycles. The average Bonchev–Trinajstić information content (AvgIpc) is 3.01. The van der Waals surface area contributed by atoms with Crippen molar-refractivity contribution in [2.45, 2.75) is 31.8 Å². The topological polar surface area (TPSA) is 104 Å². The normalized spacial score (nSPS) is 13.6. The van der Waals surface area contributed by atoms with Crippen molar-refractivity contribution in [1.29, 1.82) is 0 Å². The van der Waals surface area contributed by atoms with E-state index in [1.54, 1.807) is 36.7 Å². The van der Waals surface area contributed by atoms with Crippen molar-refractivity contribution < 1.29 is 9.90 Å². The molecule has 6 heteroatoms. The van der Waals surface area contributed by atoms with E-state index in [2.05, 4.69) is 15.3 Å². The van der Waals surface area contributed by atoms with Gasteiger partial charge in [0.15, 0.2) is 0 Å². The lowest BCUT2D eigenvalue weighted by molar-refractivity contribution is -0.123. The summed E-state index contributed by atoms with van der Waals surface area (Å²) >= 11 is 0. The second-order valence-electron chi connectivity index (χ2n) is 4.92. The van der Waals surface area contributed by atoms with Crippen molar-refractivity contribution in [2.75, 3.05) is 0 Å². The Morgan fingerprint density at radius 3 is 2.71 bits per heavy atom. The zero-order valence-electron chi connectivity index (χ0n) is 11.9. The number of H-pyrrole nitrogens is 1. The zero-order chi connectivity index (χ0) is 15.2. The Bertz CT molecular complexity index is 566. The molecular weight excluding hydrogens is 268 g/mol. The number of phenols is 1. The lowest BCUT2D eigenvalue weighted by Crippen LogP contribution is -2.43. The highest BCUT2D eigenvalue weighted by atomic mass is 16.3. The van der Waals surface area contributed by atoms with Crippen LogP contribution in [0.5, 0.6) is 5.75 Å². The van der Waals surface area contributed by atoms with Gasteiger partial charge in [-0.15, -0.1) is 0 Å². The predicted molar refractivity (Wildman–Crippen MR) is 79.5 cm³/mol. The minimum atomic E-state index is -0.640. The summed E-state index contributed by atoms with van der Waals surface area (Å²) in [5.74, 6) is 0.703. The molecule has 0 fully saturated rings. The van der Waals surface area contributed by atoms with Gasteiger partial charge in [-0.2, -0.15) is 0 Å². The van der Waals surface area contributed by atoms with Gasteiger partial charge in [0.25, 0.3) is 0 Å². The standard InChI is InChI=1S/C15H20N4O2/c1-2-13(14-17-7-8-18-14)19-15(21)12(16)9-10-3-5-11(20)6-4-10/h3-8,12-13,20H,2,9,16H2,1H3,(H,17,18)(H,19,21).